The molecule has 1 aliphatic rings. The van der Waals surface area contributed by atoms with Crippen LogP contribution in [0.15, 0.2) is 0 Å². The van der Waals surface area contributed by atoms with Crippen molar-refractivity contribution in [1.29, 1.82) is 0 Å². The van der Waals surface area contributed by atoms with E-state index in [1.165, 1.54) is 11.8 Å². The fraction of sp³-hybridized carbons (Fsp3) is 0.810. The molecule has 166 valence electrons. The smallest absolute Gasteiger partial charge is 0.245 e. The topological polar surface area (TPSA) is 110 Å². The lowest BCUT2D eigenvalue weighted by molar-refractivity contribution is -0.143. The third-order valence-electron chi connectivity index (χ3n) is 5.91. The molecule has 1 heterocycles. The highest BCUT2D eigenvalue weighted by Gasteiger charge is 2.43. The molecular formula is C21H36FN3O4. The van der Waals surface area contributed by atoms with Gasteiger partial charge in [-0.1, -0.05) is 26.7 Å². The zero-order valence-corrected chi connectivity index (χ0v) is 18.1. The van der Waals surface area contributed by atoms with Gasteiger partial charge in [0.2, 0.25) is 17.7 Å². The average Bonchev–Trinajstić information content (AvgIpc) is 3.15. The molecule has 3 amide bonds. The number of rotatable bonds is 12. The maximum Gasteiger partial charge on any atom is 0.245 e. The van der Waals surface area contributed by atoms with Crippen LogP contribution >= 0.6 is 0 Å². The number of amides is 3. The zero-order chi connectivity index (χ0) is 22.1. The number of likely N-dealkylation sites (tertiary alicyclic amines) is 1. The van der Waals surface area contributed by atoms with E-state index in [-0.39, 0.29) is 17.6 Å². The molecule has 8 heteroatoms. The van der Waals surface area contributed by atoms with Gasteiger partial charge < -0.3 is 16.0 Å². The molecule has 0 aliphatic carbocycles. The summed E-state index contributed by atoms with van der Waals surface area (Å²) in [4.78, 5) is 50.9. The summed E-state index contributed by atoms with van der Waals surface area (Å²) in [5.74, 6) is -3.57. The van der Waals surface area contributed by atoms with E-state index in [9.17, 15) is 23.6 Å². The third kappa shape index (κ3) is 6.51. The number of carbonyl (C=O) groups excluding carboxylic acids is 4. The van der Waals surface area contributed by atoms with E-state index in [4.69, 9.17) is 5.73 Å². The number of unbranched alkanes of at least 4 members (excludes halogenated alkanes) is 1. The second-order valence-corrected chi connectivity index (χ2v) is 8.00. The van der Waals surface area contributed by atoms with E-state index in [0.29, 0.717) is 32.2 Å². The molecule has 29 heavy (non-hydrogen) atoms. The number of alkyl halides is 1. The van der Waals surface area contributed by atoms with Crippen LogP contribution in [0, 0.1) is 17.8 Å². The van der Waals surface area contributed by atoms with E-state index in [1.807, 2.05) is 6.92 Å². The van der Waals surface area contributed by atoms with E-state index in [1.54, 1.807) is 13.8 Å². The third-order valence-corrected chi connectivity index (χ3v) is 5.91. The molecule has 1 fully saturated rings. The van der Waals surface area contributed by atoms with Crippen LogP contribution in [0.3, 0.4) is 0 Å². The lowest BCUT2D eigenvalue weighted by Gasteiger charge is -2.34. The van der Waals surface area contributed by atoms with Gasteiger partial charge in [-0.3, -0.25) is 23.6 Å². The first-order chi connectivity index (χ1) is 13.7. The van der Waals surface area contributed by atoms with Crippen molar-refractivity contribution in [1.82, 2.24) is 10.2 Å². The Balaban J connectivity index is 3.11. The molecular weight excluding hydrogens is 377 g/mol. The molecule has 0 spiro atoms. The summed E-state index contributed by atoms with van der Waals surface area (Å²) in [6.07, 6.45) is 3.57. The van der Waals surface area contributed by atoms with Gasteiger partial charge in [0, 0.05) is 31.2 Å². The minimum atomic E-state index is -0.801. The Kier molecular flexibility index (Phi) is 10.3. The minimum absolute atomic E-state index is 0.193. The first-order valence-electron chi connectivity index (χ1n) is 10.7. The summed E-state index contributed by atoms with van der Waals surface area (Å²) in [5.41, 5.74) is 5.48. The Morgan fingerprint density at radius 3 is 2.34 bits per heavy atom. The van der Waals surface area contributed by atoms with Gasteiger partial charge >= 0.3 is 0 Å². The van der Waals surface area contributed by atoms with Crippen LogP contribution in [0.25, 0.3) is 0 Å². The van der Waals surface area contributed by atoms with Crippen molar-refractivity contribution in [3.63, 3.8) is 0 Å². The summed E-state index contributed by atoms with van der Waals surface area (Å²) in [7, 11) is 0. The number of halogens is 1. The van der Waals surface area contributed by atoms with Crippen LogP contribution < -0.4 is 11.1 Å². The van der Waals surface area contributed by atoms with Gasteiger partial charge in [0.1, 0.15) is 6.04 Å². The van der Waals surface area contributed by atoms with Gasteiger partial charge in [0.25, 0.3) is 0 Å². The number of carbonyl (C=O) groups is 4. The van der Waals surface area contributed by atoms with Crippen molar-refractivity contribution in [3.05, 3.63) is 0 Å². The molecule has 0 aromatic carbocycles. The second-order valence-electron chi connectivity index (χ2n) is 8.00. The van der Waals surface area contributed by atoms with Gasteiger partial charge in [0.05, 0.1) is 12.7 Å². The number of hydrogen-bond donors (Lipinski definition) is 2. The molecule has 5 unspecified atom stereocenters. The second kappa shape index (κ2) is 11.9. The largest absolute Gasteiger partial charge is 0.369 e. The summed E-state index contributed by atoms with van der Waals surface area (Å²) >= 11 is 0. The number of primary amides is 1. The molecule has 3 N–H and O–H groups in total. The molecule has 0 saturated carbocycles. The van der Waals surface area contributed by atoms with Crippen LogP contribution in [-0.2, 0) is 19.2 Å². The molecule has 0 bridgehead atoms. The lowest BCUT2D eigenvalue weighted by Crippen LogP contribution is -2.52. The summed E-state index contributed by atoms with van der Waals surface area (Å²) in [6.45, 7) is 6.29. The number of nitrogens with two attached hydrogens (primary N) is 1. The van der Waals surface area contributed by atoms with Gasteiger partial charge in [0.15, 0.2) is 5.78 Å². The molecule has 1 rings (SSSR count). The van der Waals surface area contributed by atoms with Crippen molar-refractivity contribution >= 4 is 23.5 Å². The highest BCUT2D eigenvalue weighted by Crippen LogP contribution is 2.33. The monoisotopic (exact) mass is 413 g/mol. The maximum absolute atomic E-state index is 14.0. The van der Waals surface area contributed by atoms with Gasteiger partial charge in [-0.15, -0.1) is 0 Å². The molecule has 5 atom stereocenters. The maximum atomic E-state index is 14.0. The van der Waals surface area contributed by atoms with Gasteiger partial charge in [-0.25, -0.2) is 0 Å². The van der Waals surface area contributed by atoms with E-state index < -0.39 is 42.4 Å². The Morgan fingerprint density at radius 2 is 1.86 bits per heavy atom. The van der Waals surface area contributed by atoms with Crippen LogP contribution in [0.1, 0.15) is 66.2 Å². The average molecular weight is 414 g/mol. The number of nitrogens with one attached hydrogen (secondary N) is 1. The van der Waals surface area contributed by atoms with E-state index in [0.717, 1.165) is 12.8 Å². The Morgan fingerprint density at radius 1 is 1.21 bits per heavy atom. The fourth-order valence-electron chi connectivity index (χ4n) is 4.39. The zero-order valence-electron chi connectivity index (χ0n) is 18.1. The Labute approximate surface area is 172 Å². The van der Waals surface area contributed by atoms with Crippen molar-refractivity contribution in [3.8, 4) is 0 Å². The van der Waals surface area contributed by atoms with E-state index >= 15 is 0 Å². The molecule has 0 aromatic heterocycles. The van der Waals surface area contributed by atoms with Crippen LogP contribution in [-0.4, -0.2) is 53.7 Å². The predicted molar refractivity (Wildman–Crippen MR) is 108 cm³/mol. The van der Waals surface area contributed by atoms with Crippen LogP contribution in [0.5, 0.6) is 0 Å². The summed E-state index contributed by atoms with van der Waals surface area (Å²) in [6, 6.07) is -1.39. The van der Waals surface area contributed by atoms with Crippen molar-refractivity contribution in [2.24, 2.45) is 23.5 Å². The fourth-order valence-corrected chi connectivity index (χ4v) is 4.39. The molecule has 0 radical (unpaired) electrons. The number of nitrogens with zero attached hydrogens (tertiary/aromatic N) is 1. The minimum Gasteiger partial charge on any atom is -0.369 e. The molecule has 1 aliphatic heterocycles. The Hall–Kier alpha value is -1.99. The highest BCUT2D eigenvalue weighted by atomic mass is 19.1. The normalized spacial score (nSPS) is 20.6. The molecule has 1 saturated heterocycles. The summed E-state index contributed by atoms with van der Waals surface area (Å²) in [5, 5.41) is 2.56. The van der Waals surface area contributed by atoms with Crippen molar-refractivity contribution in [2.45, 2.75) is 78.3 Å². The van der Waals surface area contributed by atoms with Crippen molar-refractivity contribution in [2.75, 3.05) is 13.2 Å². The van der Waals surface area contributed by atoms with Crippen molar-refractivity contribution < 1.29 is 23.6 Å². The quantitative estimate of drug-likeness (QED) is 0.510. The first-order valence-corrected chi connectivity index (χ1v) is 10.7. The lowest BCUT2D eigenvalue weighted by atomic mass is 9.74. The van der Waals surface area contributed by atoms with E-state index in [2.05, 4.69) is 5.32 Å². The summed E-state index contributed by atoms with van der Waals surface area (Å²) < 4.78 is 14.0. The van der Waals surface area contributed by atoms with Crippen LogP contribution in [0.2, 0.25) is 0 Å². The highest BCUT2D eigenvalue weighted by molar-refractivity contribution is 5.94. The number of Topliss-reactive ketones (excluding diaryl/α,β-unsaturated/α-hetero) is 1. The van der Waals surface area contributed by atoms with Gasteiger partial charge in [-0.05, 0) is 32.6 Å². The van der Waals surface area contributed by atoms with Gasteiger partial charge in [-0.2, -0.15) is 0 Å². The SMILES string of the molecule is CCCCC(C(=O)C1CCCN1C(=O)C(C)NC(C)=O)C(CF)C(CC)C(N)=O. The Bertz CT molecular complexity index is 598. The number of ketones is 1. The molecule has 0 aromatic rings. The van der Waals surface area contributed by atoms with Crippen LogP contribution in [0.4, 0.5) is 4.39 Å². The first kappa shape index (κ1) is 25.0. The number of hydrogen-bond acceptors (Lipinski definition) is 4. The standard InChI is InChI=1S/C21H36FN3O4/c1-5-7-9-16(17(12-22)15(6-2)20(23)28)19(27)18-10-8-11-25(18)21(29)13(3)24-14(4)26/h13,15-18H,5-12H2,1-4H3,(H2,23,28)(H,24,26). The molecule has 7 nitrogen and oxygen atoms in total. The predicted octanol–water partition coefficient (Wildman–Crippen LogP) is 1.97.